The molecule has 17 nitrogen and oxygen atoms in total. The maximum absolute atomic E-state index is 12.8. The van der Waals surface area contributed by atoms with Crippen LogP contribution in [0.2, 0.25) is 0 Å². The number of nitrogens with one attached hydrogen (secondary N) is 3. The van der Waals surface area contributed by atoms with Crippen LogP contribution in [0.15, 0.2) is 4.99 Å². The molecule has 36 heavy (non-hydrogen) atoms. The number of carboxylic acid groups (broad SMARTS) is 2. The van der Waals surface area contributed by atoms with Crippen LogP contribution in [0.1, 0.15) is 39.0 Å². The molecule has 17 heteroatoms. The summed E-state index contributed by atoms with van der Waals surface area (Å²) in [6.45, 7) is 1.32. The molecule has 0 fully saturated rings. The molecule has 0 aromatic heterocycles. The highest BCUT2D eigenvalue weighted by Crippen LogP contribution is 2.04. The van der Waals surface area contributed by atoms with Crippen molar-refractivity contribution in [3.05, 3.63) is 0 Å². The van der Waals surface area contributed by atoms with Crippen LogP contribution in [-0.4, -0.2) is 93.7 Å². The van der Waals surface area contributed by atoms with Crippen molar-refractivity contribution < 1.29 is 44.1 Å². The van der Waals surface area contributed by atoms with Gasteiger partial charge in [0.2, 0.25) is 23.6 Å². The molecule has 0 bridgehead atoms. The van der Waals surface area contributed by atoms with E-state index in [0.29, 0.717) is 6.42 Å². The zero-order valence-electron chi connectivity index (χ0n) is 19.7. The summed E-state index contributed by atoms with van der Waals surface area (Å²) in [6, 6.07) is -6.05. The Labute approximate surface area is 206 Å². The second kappa shape index (κ2) is 15.8. The largest absolute Gasteiger partial charge is 0.481 e. The van der Waals surface area contributed by atoms with Gasteiger partial charge < -0.3 is 54.2 Å². The molecular weight excluding hydrogens is 484 g/mol. The van der Waals surface area contributed by atoms with Crippen molar-refractivity contribution in [1.82, 2.24) is 16.0 Å². The van der Waals surface area contributed by atoms with E-state index in [1.54, 1.807) is 0 Å². The number of carbonyl (C=O) groups is 6. The first-order chi connectivity index (χ1) is 16.6. The SMILES string of the molecule is CC(O)C(NC(=O)C(CCC(N)=O)NC(=O)C(N)CCCN=C(N)N)C(=O)NC(CC(=O)O)C(=O)O. The zero-order chi connectivity index (χ0) is 28.0. The summed E-state index contributed by atoms with van der Waals surface area (Å²) in [5.41, 5.74) is 21.3. The van der Waals surface area contributed by atoms with E-state index in [9.17, 15) is 33.9 Å². The molecule has 5 unspecified atom stereocenters. The van der Waals surface area contributed by atoms with Crippen LogP contribution in [-0.2, 0) is 28.8 Å². The molecule has 204 valence electrons. The number of hydrogen-bond acceptors (Lipinski definition) is 9. The zero-order valence-corrected chi connectivity index (χ0v) is 19.7. The fourth-order valence-electron chi connectivity index (χ4n) is 2.78. The third kappa shape index (κ3) is 13.0. The molecule has 0 aromatic carbocycles. The maximum atomic E-state index is 12.8. The van der Waals surface area contributed by atoms with E-state index in [4.69, 9.17) is 33.1 Å². The Morgan fingerprint density at radius 1 is 0.861 bits per heavy atom. The molecule has 0 rings (SSSR count). The Kier molecular flexibility index (Phi) is 14.1. The third-order valence-corrected chi connectivity index (χ3v) is 4.67. The van der Waals surface area contributed by atoms with Gasteiger partial charge in [-0.05, 0) is 26.2 Å². The molecule has 0 saturated heterocycles. The van der Waals surface area contributed by atoms with Gasteiger partial charge in [-0.25, -0.2) is 4.79 Å². The molecule has 0 aliphatic rings. The minimum atomic E-state index is -1.84. The number of nitrogens with zero attached hydrogens (tertiary/aromatic N) is 1. The minimum absolute atomic E-state index is 0.134. The van der Waals surface area contributed by atoms with E-state index in [1.807, 2.05) is 5.32 Å². The molecule has 14 N–H and O–H groups in total. The van der Waals surface area contributed by atoms with Crippen molar-refractivity contribution >= 4 is 41.5 Å². The summed E-state index contributed by atoms with van der Waals surface area (Å²) in [6.07, 6.45) is -2.64. The summed E-state index contributed by atoms with van der Waals surface area (Å²) >= 11 is 0. The van der Waals surface area contributed by atoms with E-state index in [-0.39, 0.29) is 31.8 Å². The summed E-state index contributed by atoms with van der Waals surface area (Å²) in [7, 11) is 0. The Hall–Kier alpha value is -3.99. The predicted molar refractivity (Wildman–Crippen MR) is 124 cm³/mol. The van der Waals surface area contributed by atoms with E-state index >= 15 is 0 Å². The van der Waals surface area contributed by atoms with Gasteiger partial charge in [0.25, 0.3) is 0 Å². The fourth-order valence-corrected chi connectivity index (χ4v) is 2.78. The Balaban J connectivity index is 5.42. The number of carbonyl (C=O) groups excluding carboxylic acids is 4. The molecule has 0 radical (unpaired) electrons. The second-order valence-electron chi connectivity index (χ2n) is 7.85. The Morgan fingerprint density at radius 3 is 1.92 bits per heavy atom. The number of hydrogen-bond donors (Lipinski definition) is 10. The van der Waals surface area contributed by atoms with Gasteiger partial charge in [-0.1, -0.05) is 0 Å². The standard InChI is InChI=1S/C19H34N8O9/c1-8(28)14(17(34)26-11(18(35)36)7-13(30)31)27-16(33)10(4-5-12(21)29)25-15(32)9(20)3-2-6-24-19(22)23/h8-11,14,28H,2-7,20H2,1H3,(H2,21,29)(H,25,32)(H,26,34)(H,27,33)(H,30,31)(H,35,36)(H4,22,23,24). The third-order valence-electron chi connectivity index (χ3n) is 4.67. The molecule has 5 atom stereocenters. The lowest BCUT2D eigenvalue weighted by Crippen LogP contribution is -2.60. The van der Waals surface area contributed by atoms with Crippen molar-refractivity contribution in [2.45, 2.75) is 69.3 Å². The topological polar surface area (TPSA) is 316 Å². The van der Waals surface area contributed by atoms with Crippen LogP contribution >= 0.6 is 0 Å². The first kappa shape index (κ1) is 32.0. The van der Waals surface area contributed by atoms with Gasteiger partial charge in [0.15, 0.2) is 5.96 Å². The number of nitrogens with two attached hydrogens (primary N) is 4. The molecule has 4 amide bonds. The summed E-state index contributed by atoms with van der Waals surface area (Å²) in [4.78, 5) is 74.7. The predicted octanol–water partition coefficient (Wildman–Crippen LogP) is -4.97. The lowest BCUT2D eigenvalue weighted by atomic mass is 10.1. The molecule has 0 aliphatic carbocycles. The van der Waals surface area contributed by atoms with Crippen LogP contribution in [0.5, 0.6) is 0 Å². The average Bonchev–Trinajstić information content (AvgIpc) is 2.75. The number of primary amides is 1. The van der Waals surface area contributed by atoms with Crippen molar-refractivity contribution in [2.24, 2.45) is 27.9 Å². The van der Waals surface area contributed by atoms with Crippen molar-refractivity contribution in [3.8, 4) is 0 Å². The van der Waals surface area contributed by atoms with Crippen molar-refractivity contribution in [3.63, 3.8) is 0 Å². The van der Waals surface area contributed by atoms with Crippen LogP contribution in [0.3, 0.4) is 0 Å². The smallest absolute Gasteiger partial charge is 0.326 e. The maximum Gasteiger partial charge on any atom is 0.326 e. The monoisotopic (exact) mass is 518 g/mol. The van der Waals surface area contributed by atoms with Crippen LogP contribution in [0, 0.1) is 0 Å². The van der Waals surface area contributed by atoms with Crippen LogP contribution in [0.4, 0.5) is 0 Å². The van der Waals surface area contributed by atoms with E-state index in [0.717, 1.165) is 6.92 Å². The molecule has 0 saturated carbocycles. The van der Waals surface area contributed by atoms with Crippen molar-refractivity contribution in [2.75, 3.05) is 6.54 Å². The number of carboxylic acids is 2. The fraction of sp³-hybridized carbons (Fsp3) is 0.632. The summed E-state index contributed by atoms with van der Waals surface area (Å²) in [5.74, 6) is -7.05. The number of aliphatic hydroxyl groups is 1. The van der Waals surface area contributed by atoms with E-state index in [2.05, 4.69) is 15.6 Å². The lowest BCUT2D eigenvalue weighted by Gasteiger charge is -2.26. The summed E-state index contributed by atoms with van der Waals surface area (Å²) < 4.78 is 0. The molecule has 0 aromatic rings. The van der Waals surface area contributed by atoms with Gasteiger partial charge in [-0.2, -0.15) is 0 Å². The first-order valence-corrected chi connectivity index (χ1v) is 10.8. The number of aliphatic imine (C=N–C) groups is 1. The van der Waals surface area contributed by atoms with Gasteiger partial charge in [0, 0.05) is 13.0 Å². The molecule has 0 aliphatic heterocycles. The molecule has 0 spiro atoms. The van der Waals surface area contributed by atoms with Gasteiger partial charge in [0.05, 0.1) is 18.6 Å². The van der Waals surface area contributed by atoms with Gasteiger partial charge in [-0.15, -0.1) is 0 Å². The number of aliphatic hydroxyl groups excluding tert-OH is 1. The van der Waals surface area contributed by atoms with Crippen LogP contribution < -0.4 is 38.9 Å². The van der Waals surface area contributed by atoms with Crippen LogP contribution in [0.25, 0.3) is 0 Å². The highest BCUT2D eigenvalue weighted by atomic mass is 16.4. The minimum Gasteiger partial charge on any atom is -0.481 e. The molecular formula is C19H34N8O9. The van der Waals surface area contributed by atoms with E-state index in [1.165, 1.54) is 0 Å². The number of guanidine groups is 1. The lowest BCUT2D eigenvalue weighted by molar-refractivity contribution is -0.148. The quantitative estimate of drug-likeness (QED) is 0.0491. The highest BCUT2D eigenvalue weighted by Gasteiger charge is 2.33. The molecule has 0 heterocycles. The van der Waals surface area contributed by atoms with Gasteiger partial charge in [0.1, 0.15) is 18.1 Å². The van der Waals surface area contributed by atoms with Crippen molar-refractivity contribution in [1.29, 1.82) is 0 Å². The number of aliphatic carboxylic acids is 2. The Bertz CT molecular complexity index is 845. The first-order valence-electron chi connectivity index (χ1n) is 10.8. The number of rotatable bonds is 17. The number of amides is 4. The Morgan fingerprint density at radius 2 is 1.44 bits per heavy atom. The van der Waals surface area contributed by atoms with Gasteiger partial charge >= 0.3 is 11.9 Å². The highest BCUT2D eigenvalue weighted by molar-refractivity contribution is 5.95. The summed E-state index contributed by atoms with van der Waals surface area (Å²) in [5, 5.41) is 34.2. The normalized spacial score (nSPS) is 14.8. The second-order valence-corrected chi connectivity index (χ2v) is 7.85. The van der Waals surface area contributed by atoms with Gasteiger partial charge in [-0.3, -0.25) is 29.0 Å². The van der Waals surface area contributed by atoms with E-state index < -0.39 is 72.3 Å². The average molecular weight is 519 g/mol.